The van der Waals surface area contributed by atoms with E-state index in [-0.39, 0.29) is 5.91 Å². The zero-order valence-electron chi connectivity index (χ0n) is 10.7. The molecule has 1 rings (SSSR count). The molecule has 1 amide bonds. The minimum absolute atomic E-state index is 0.0351. The Bertz CT molecular complexity index is 410. The lowest BCUT2D eigenvalue weighted by atomic mass is 9.95. The maximum atomic E-state index is 11.9. The molecule has 0 aliphatic carbocycles. The quantitative estimate of drug-likeness (QED) is 0.812. The number of rotatable bonds is 3. The fraction of sp³-hybridized carbons (Fsp3) is 0.462. The molecule has 4 heteroatoms. The van der Waals surface area contributed by atoms with Gasteiger partial charge in [-0.1, -0.05) is 26.8 Å². The van der Waals surface area contributed by atoms with Gasteiger partial charge in [0.25, 0.3) is 0 Å². The normalized spacial score (nSPS) is 11.1. The van der Waals surface area contributed by atoms with E-state index in [1.165, 1.54) is 0 Å². The SMILES string of the molecule is COc1ccc(CS)cc1NC(=O)C(C)(C)C. The predicted molar refractivity (Wildman–Crippen MR) is 73.8 cm³/mol. The Balaban J connectivity index is 2.99. The molecule has 0 saturated carbocycles. The Morgan fingerprint density at radius 3 is 2.53 bits per heavy atom. The maximum Gasteiger partial charge on any atom is 0.229 e. The minimum Gasteiger partial charge on any atom is -0.495 e. The van der Waals surface area contributed by atoms with Gasteiger partial charge < -0.3 is 10.1 Å². The first-order valence-corrected chi connectivity index (χ1v) is 6.11. The van der Waals surface area contributed by atoms with Crippen LogP contribution in [0, 0.1) is 5.41 Å². The molecule has 0 fully saturated rings. The van der Waals surface area contributed by atoms with Gasteiger partial charge in [0, 0.05) is 11.2 Å². The van der Waals surface area contributed by atoms with Gasteiger partial charge in [-0.3, -0.25) is 4.79 Å². The Labute approximate surface area is 108 Å². The number of carbonyl (C=O) groups excluding carboxylic acids is 1. The molecular weight excluding hydrogens is 234 g/mol. The molecule has 1 aromatic carbocycles. The summed E-state index contributed by atoms with van der Waals surface area (Å²) < 4.78 is 5.22. The number of nitrogens with one attached hydrogen (secondary N) is 1. The first-order valence-electron chi connectivity index (χ1n) is 5.47. The number of thiol groups is 1. The van der Waals surface area contributed by atoms with Crippen molar-refractivity contribution in [2.24, 2.45) is 5.41 Å². The summed E-state index contributed by atoms with van der Waals surface area (Å²) in [6.07, 6.45) is 0. The number of carbonyl (C=O) groups is 1. The second-order valence-electron chi connectivity index (χ2n) is 4.90. The molecule has 0 spiro atoms. The fourth-order valence-electron chi connectivity index (χ4n) is 1.26. The molecule has 0 aromatic heterocycles. The monoisotopic (exact) mass is 253 g/mol. The molecule has 94 valence electrons. The van der Waals surface area contributed by atoms with Crippen LogP contribution in [-0.4, -0.2) is 13.0 Å². The van der Waals surface area contributed by atoms with Crippen LogP contribution in [0.3, 0.4) is 0 Å². The largest absolute Gasteiger partial charge is 0.495 e. The van der Waals surface area contributed by atoms with Gasteiger partial charge in [0.15, 0.2) is 0 Å². The zero-order valence-corrected chi connectivity index (χ0v) is 11.6. The molecule has 0 aliphatic rings. The van der Waals surface area contributed by atoms with E-state index >= 15 is 0 Å². The van der Waals surface area contributed by atoms with Crippen molar-refractivity contribution in [3.63, 3.8) is 0 Å². The summed E-state index contributed by atoms with van der Waals surface area (Å²) in [6, 6.07) is 5.65. The molecule has 17 heavy (non-hydrogen) atoms. The van der Waals surface area contributed by atoms with Gasteiger partial charge in [-0.25, -0.2) is 0 Å². The van der Waals surface area contributed by atoms with Crippen molar-refractivity contribution in [1.29, 1.82) is 0 Å². The van der Waals surface area contributed by atoms with Crippen LogP contribution in [-0.2, 0) is 10.5 Å². The Morgan fingerprint density at radius 1 is 1.41 bits per heavy atom. The molecule has 0 aliphatic heterocycles. The molecule has 0 atom stereocenters. The average Bonchev–Trinajstić information content (AvgIpc) is 2.27. The van der Waals surface area contributed by atoms with Crippen LogP contribution in [0.2, 0.25) is 0 Å². The number of methoxy groups -OCH3 is 1. The van der Waals surface area contributed by atoms with Crippen molar-refractivity contribution in [3.05, 3.63) is 23.8 Å². The van der Waals surface area contributed by atoms with Crippen LogP contribution in [0.4, 0.5) is 5.69 Å². The van der Waals surface area contributed by atoms with Crippen LogP contribution in [0.25, 0.3) is 0 Å². The number of hydrogen-bond acceptors (Lipinski definition) is 3. The summed E-state index contributed by atoms with van der Waals surface area (Å²) in [7, 11) is 1.59. The number of hydrogen-bond donors (Lipinski definition) is 2. The Hall–Kier alpha value is -1.16. The number of ether oxygens (including phenoxy) is 1. The smallest absolute Gasteiger partial charge is 0.229 e. The third kappa shape index (κ3) is 3.66. The highest BCUT2D eigenvalue weighted by atomic mass is 32.1. The van der Waals surface area contributed by atoms with E-state index in [1.807, 2.05) is 39.0 Å². The zero-order chi connectivity index (χ0) is 13.1. The lowest BCUT2D eigenvalue weighted by Gasteiger charge is -2.19. The van der Waals surface area contributed by atoms with E-state index in [0.717, 1.165) is 5.56 Å². The van der Waals surface area contributed by atoms with Crippen molar-refractivity contribution in [3.8, 4) is 5.75 Å². The van der Waals surface area contributed by atoms with Gasteiger partial charge in [-0.2, -0.15) is 12.6 Å². The first-order chi connectivity index (χ1) is 7.88. The summed E-state index contributed by atoms with van der Waals surface area (Å²) in [5.41, 5.74) is 1.31. The van der Waals surface area contributed by atoms with Gasteiger partial charge in [0.1, 0.15) is 5.75 Å². The Morgan fingerprint density at radius 2 is 2.06 bits per heavy atom. The van der Waals surface area contributed by atoms with Gasteiger partial charge in [-0.05, 0) is 17.7 Å². The second kappa shape index (κ2) is 5.45. The summed E-state index contributed by atoms with van der Waals surface area (Å²) >= 11 is 4.22. The molecule has 0 saturated heterocycles. The van der Waals surface area contributed by atoms with Gasteiger partial charge in [0.05, 0.1) is 12.8 Å². The molecule has 0 heterocycles. The summed E-state index contributed by atoms with van der Waals surface area (Å²) in [4.78, 5) is 11.9. The van der Waals surface area contributed by atoms with E-state index in [4.69, 9.17) is 4.74 Å². The Kier molecular flexibility index (Phi) is 4.46. The highest BCUT2D eigenvalue weighted by Crippen LogP contribution is 2.28. The van der Waals surface area contributed by atoms with Crippen molar-refractivity contribution >= 4 is 24.2 Å². The first kappa shape index (κ1) is 13.9. The maximum absolute atomic E-state index is 11.9. The standard InChI is InChI=1S/C13H19NO2S/c1-13(2,3)12(15)14-10-7-9(8-17)5-6-11(10)16-4/h5-7,17H,8H2,1-4H3,(H,14,15). The van der Waals surface area contributed by atoms with Gasteiger partial charge in [0.2, 0.25) is 5.91 Å². The fourth-order valence-corrected chi connectivity index (χ4v) is 1.46. The van der Waals surface area contributed by atoms with Gasteiger partial charge in [-0.15, -0.1) is 0 Å². The number of amides is 1. The topological polar surface area (TPSA) is 38.3 Å². The lowest BCUT2D eigenvalue weighted by molar-refractivity contribution is -0.123. The van der Waals surface area contributed by atoms with Crippen molar-refractivity contribution in [2.75, 3.05) is 12.4 Å². The van der Waals surface area contributed by atoms with Crippen LogP contribution < -0.4 is 10.1 Å². The van der Waals surface area contributed by atoms with Crippen molar-refractivity contribution in [1.82, 2.24) is 0 Å². The van der Waals surface area contributed by atoms with E-state index in [0.29, 0.717) is 17.2 Å². The summed E-state index contributed by atoms with van der Waals surface area (Å²) in [6.45, 7) is 5.62. The molecule has 0 unspecified atom stereocenters. The second-order valence-corrected chi connectivity index (χ2v) is 5.21. The third-order valence-electron chi connectivity index (χ3n) is 2.38. The molecule has 3 nitrogen and oxygen atoms in total. The molecule has 0 bridgehead atoms. The van der Waals surface area contributed by atoms with Crippen molar-refractivity contribution in [2.45, 2.75) is 26.5 Å². The molecule has 1 N–H and O–H groups in total. The van der Waals surface area contributed by atoms with Crippen molar-refractivity contribution < 1.29 is 9.53 Å². The predicted octanol–water partition coefficient (Wildman–Crippen LogP) is 3.11. The minimum atomic E-state index is -0.429. The summed E-state index contributed by atoms with van der Waals surface area (Å²) in [5.74, 6) is 1.25. The van der Waals surface area contributed by atoms with E-state index in [1.54, 1.807) is 7.11 Å². The van der Waals surface area contributed by atoms with Crippen LogP contribution >= 0.6 is 12.6 Å². The van der Waals surface area contributed by atoms with E-state index < -0.39 is 5.41 Å². The average molecular weight is 253 g/mol. The lowest BCUT2D eigenvalue weighted by Crippen LogP contribution is -2.27. The van der Waals surface area contributed by atoms with Crippen LogP contribution in [0.15, 0.2) is 18.2 Å². The van der Waals surface area contributed by atoms with Crippen LogP contribution in [0.5, 0.6) is 5.75 Å². The highest BCUT2D eigenvalue weighted by molar-refractivity contribution is 7.79. The van der Waals surface area contributed by atoms with E-state index in [9.17, 15) is 4.79 Å². The number of benzene rings is 1. The van der Waals surface area contributed by atoms with Crippen LogP contribution in [0.1, 0.15) is 26.3 Å². The summed E-state index contributed by atoms with van der Waals surface area (Å²) in [5, 5.41) is 2.88. The molecule has 0 radical (unpaired) electrons. The van der Waals surface area contributed by atoms with E-state index in [2.05, 4.69) is 17.9 Å². The molecular formula is C13H19NO2S. The molecule has 1 aromatic rings. The third-order valence-corrected chi connectivity index (χ3v) is 2.74. The number of anilines is 1. The highest BCUT2D eigenvalue weighted by Gasteiger charge is 2.22. The van der Waals surface area contributed by atoms with Gasteiger partial charge >= 0.3 is 0 Å².